The van der Waals surface area contributed by atoms with Crippen LogP contribution in [0.25, 0.3) is 0 Å². The number of aliphatic hydroxyl groups excluding tert-OH is 1. The maximum absolute atomic E-state index is 11.7. The highest BCUT2D eigenvalue weighted by Crippen LogP contribution is 2.59. The summed E-state index contributed by atoms with van der Waals surface area (Å²) in [5.74, 6) is 0.0379. The first-order valence-corrected chi connectivity index (χ1v) is 9.98. The van der Waals surface area contributed by atoms with Crippen molar-refractivity contribution in [3.63, 3.8) is 0 Å². The summed E-state index contributed by atoms with van der Waals surface area (Å²) >= 11 is 0. The third-order valence-corrected chi connectivity index (χ3v) is 7.91. The van der Waals surface area contributed by atoms with Gasteiger partial charge in [-0.05, 0) is 80.5 Å². The number of rotatable bonds is 2. The van der Waals surface area contributed by atoms with Gasteiger partial charge in [0.1, 0.15) is 0 Å². The van der Waals surface area contributed by atoms with Crippen molar-refractivity contribution in [2.75, 3.05) is 13.7 Å². The van der Waals surface area contributed by atoms with E-state index in [0.29, 0.717) is 22.9 Å². The molecule has 3 heteroatoms. The third-order valence-electron chi connectivity index (χ3n) is 7.91. The van der Waals surface area contributed by atoms with E-state index in [1.54, 1.807) is 0 Å². The molecule has 4 atom stereocenters. The molecule has 3 nitrogen and oxygen atoms in total. The SMILES string of the molecule is CC12CCCC(CO)(CC1)C2.COC(=O)C12CCCC(C)(CC1)C2. The zero-order valence-electron chi connectivity index (χ0n) is 16.0. The highest BCUT2D eigenvalue weighted by molar-refractivity contribution is 5.77. The van der Waals surface area contributed by atoms with Crippen LogP contribution >= 0.6 is 0 Å². The molecule has 4 fully saturated rings. The number of methoxy groups -OCH3 is 1. The van der Waals surface area contributed by atoms with Crippen molar-refractivity contribution < 1.29 is 14.6 Å². The van der Waals surface area contributed by atoms with Crippen molar-refractivity contribution >= 4 is 5.97 Å². The van der Waals surface area contributed by atoms with Gasteiger partial charge in [-0.15, -0.1) is 0 Å². The molecule has 4 rings (SSSR count). The van der Waals surface area contributed by atoms with E-state index in [1.165, 1.54) is 64.9 Å². The van der Waals surface area contributed by atoms with Crippen LogP contribution in [0, 0.1) is 21.7 Å². The standard InChI is InChI=1S/C11H18O2.C10H18O/c1-10-4-3-5-11(8-10,7-6-10)9(12)13-2;1-9-3-2-4-10(7-9,8-11)6-5-9/h3-8H2,1-2H3;11H,2-8H2,1H3. The molecule has 0 radical (unpaired) electrons. The Morgan fingerprint density at radius 3 is 2.12 bits per heavy atom. The van der Waals surface area contributed by atoms with Crippen LogP contribution in [0.1, 0.15) is 90.9 Å². The molecule has 0 aromatic heterocycles. The van der Waals surface area contributed by atoms with Crippen molar-refractivity contribution in [3.05, 3.63) is 0 Å². The Balaban J connectivity index is 0.000000143. The molecule has 0 heterocycles. The number of hydrogen-bond donors (Lipinski definition) is 1. The fourth-order valence-electron chi connectivity index (χ4n) is 6.49. The van der Waals surface area contributed by atoms with Gasteiger partial charge in [-0.2, -0.15) is 0 Å². The zero-order valence-corrected chi connectivity index (χ0v) is 16.0. The predicted molar refractivity (Wildman–Crippen MR) is 95.6 cm³/mol. The molecule has 0 aliphatic heterocycles. The van der Waals surface area contributed by atoms with Gasteiger partial charge in [-0.25, -0.2) is 0 Å². The van der Waals surface area contributed by atoms with Crippen LogP contribution < -0.4 is 0 Å². The van der Waals surface area contributed by atoms with Crippen molar-refractivity contribution in [1.82, 2.24) is 0 Å². The lowest BCUT2D eigenvalue weighted by Gasteiger charge is -2.36. The topological polar surface area (TPSA) is 46.5 Å². The van der Waals surface area contributed by atoms with Gasteiger partial charge in [0.15, 0.2) is 0 Å². The molecule has 138 valence electrons. The van der Waals surface area contributed by atoms with Gasteiger partial charge >= 0.3 is 5.97 Å². The molecule has 24 heavy (non-hydrogen) atoms. The summed E-state index contributed by atoms with van der Waals surface area (Å²) in [5.41, 5.74) is 1.29. The summed E-state index contributed by atoms with van der Waals surface area (Å²) in [6.45, 7) is 5.14. The second-order valence-corrected chi connectivity index (χ2v) is 10.1. The van der Waals surface area contributed by atoms with E-state index >= 15 is 0 Å². The third kappa shape index (κ3) is 3.25. The number of fused-ring (bicyclic) bond motifs is 4. The molecular formula is C21H36O3. The molecule has 0 aromatic carbocycles. The molecule has 0 aromatic rings. The minimum atomic E-state index is -0.0955. The van der Waals surface area contributed by atoms with Gasteiger partial charge < -0.3 is 9.84 Å². The lowest BCUT2D eigenvalue weighted by Crippen LogP contribution is -2.34. The van der Waals surface area contributed by atoms with E-state index in [0.717, 1.165) is 19.3 Å². The normalized spacial score (nSPS) is 46.2. The summed E-state index contributed by atoms with van der Waals surface area (Å²) in [6.07, 6.45) is 14.8. The highest BCUT2D eigenvalue weighted by atomic mass is 16.5. The second-order valence-electron chi connectivity index (χ2n) is 10.1. The van der Waals surface area contributed by atoms with E-state index in [-0.39, 0.29) is 11.4 Å². The molecule has 4 bridgehead atoms. The molecule has 0 saturated heterocycles. The number of aliphatic hydroxyl groups is 1. The quantitative estimate of drug-likeness (QED) is 0.733. The summed E-state index contributed by atoms with van der Waals surface area (Å²) in [5, 5.41) is 9.28. The van der Waals surface area contributed by atoms with Crippen LogP contribution in [-0.4, -0.2) is 24.8 Å². The van der Waals surface area contributed by atoms with Crippen LogP contribution in [0.15, 0.2) is 0 Å². The van der Waals surface area contributed by atoms with E-state index in [2.05, 4.69) is 13.8 Å². The first-order chi connectivity index (χ1) is 11.3. The Morgan fingerprint density at radius 1 is 0.875 bits per heavy atom. The molecule has 4 saturated carbocycles. The largest absolute Gasteiger partial charge is 0.469 e. The van der Waals surface area contributed by atoms with Crippen LogP contribution in [0.4, 0.5) is 0 Å². The van der Waals surface area contributed by atoms with E-state index < -0.39 is 0 Å². The fraction of sp³-hybridized carbons (Fsp3) is 0.952. The second kappa shape index (κ2) is 6.30. The molecule has 1 N–H and O–H groups in total. The molecular weight excluding hydrogens is 300 g/mol. The Morgan fingerprint density at radius 2 is 1.50 bits per heavy atom. The van der Waals surface area contributed by atoms with Crippen LogP contribution in [0.2, 0.25) is 0 Å². The van der Waals surface area contributed by atoms with Gasteiger partial charge in [-0.3, -0.25) is 4.79 Å². The summed E-state index contributed by atoms with van der Waals surface area (Å²) in [4.78, 5) is 11.7. The van der Waals surface area contributed by atoms with Crippen molar-refractivity contribution in [2.45, 2.75) is 90.9 Å². The lowest BCUT2D eigenvalue weighted by molar-refractivity contribution is -0.154. The van der Waals surface area contributed by atoms with E-state index in [1.807, 2.05) is 0 Å². The van der Waals surface area contributed by atoms with Gasteiger partial charge in [0.25, 0.3) is 0 Å². The Kier molecular flexibility index (Phi) is 4.79. The average molecular weight is 337 g/mol. The Hall–Kier alpha value is -0.570. The average Bonchev–Trinajstić information content (AvgIpc) is 2.97. The number of carbonyl (C=O) groups is 1. The van der Waals surface area contributed by atoms with Gasteiger partial charge in [0.2, 0.25) is 0 Å². The molecule has 0 spiro atoms. The van der Waals surface area contributed by atoms with Crippen LogP contribution in [0.5, 0.6) is 0 Å². The van der Waals surface area contributed by atoms with Crippen molar-refractivity contribution in [2.24, 2.45) is 21.7 Å². The Labute approximate surface area is 147 Å². The maximum atomic E-state index is 11.7. The Bertz CT molecular complexity index is 489. The fourth-order valence-corrected chi connectivity index (χ4v) is 6.49. The van der Waals surface area contributed by atoms with Crippen LogP contribution in [0.3, 0.4) is 0 Å². The summed E-state index contributed by atoms with van der Waals surface area (Å²) in [6, 6.07) is 0. The first-order valence-electron chi connectivity index (χ1n) is 9.98. The summed E-state index contributed by atoms with van der Waals surface area (Å²) in [7, 11) is 1.52. The van der Waals surface area contributed by atoms with Gasteiger partial charge in [0, 0.05) is 6.61 Å². The van der Waals surface area contributed by atoms with E-state index in [4.69, 9.17) is 4.74 Å². The highest BCUT2D eigenvalue weighted by Gasteiger charge is 2.53. The molecule has 4 unspecified atom stereocenters. The molecule has 0 amide bonds. The smallest absolute Gasteiger partial charge is 0.311 e. The predicted octanol–water partition coefficient (Wildman–Crippen LogP) is 4.86. The number of esters is 1. The minimum absolute atomic E-state index is 0.0379. The molecule has 4 aliphatic rings. The number of hydrogen-bond acceptors (Lipinski definition) is 3. The number of carbonyl (C=O) groups excluding carboxylic acids is 1. The zero-order chi connectivity index (χ0) is 17.5. The van der Waals surface area contributed by atoms with Crippen molar-refractivity contribution in [1.29, 1.82) is 0 Å². The minimum Gasteiger partial charge on any atom is -0.469 e. The van der Waals surface area contributed by atoms with Gasteiger partial charge in [0.05, 0.1) is 12.5 Å². The monoisotopic (exact) mass is 336 g/mol. The van der Waals surface area contributed by atoms with Crippen molar-refractivity contribution in [3.8, 4) is 0 Å². The molecule has 4 aliphatic carbocycles. The van der Waals surface area contributed by atoms with E-state index in [9.17, 15) is 9.90 Å². The number of ether oxygens (including phenoxy) is 1. The first kappa shape index (κ1) is 18.2. The van der Waals surface area contributed by atoms with Gasteiger partial charge in [-0.1, -0.05) is 26.7 Å². The van der Waals surface area contributed by atoms with Crippen LogP contribution in [-0.2, 0) is 9.53 Å². The lowest BCUT2D eigenvalue weighted by atomic mass is 9.70. The maximum Gasteiger partial charge on any atom is 0.311 e. The summed E-state index contributed by atoms with van der Waals surface area (Å²) < 4.78 is 4.92.